The van der Waals surface area contributed by atoms with Crippen molar-refractivity contribution in [3.8, 4) is 16.9 Å². The number of methoxy groups -OCH3 is 1. The molecule has 2 aromatic rings. The lowest BCUT2D eigenvalue weighted by molar-refractivity contribution is -0.124. The summed E-state index contributed by atoms with van der Waals surface area (Å²) >= 11 is 0. The van der Waals surface area contributed by atoms with Crippen molar-refractivity contribution in [3.63, 3.8) is 0 Å². The molecule has 30 heavy (non-hydrogen) atoms. The summed E-state index contributed by atoms with van der Waals surface area (Å²) in [7, 11) is 3.10. The van der Waals surface area contributed by atoms with E-state index in [1.807, 2.05) is 35.2 Å². The molecular formula is C23H23N3O4. The van der Waals surface area contributed by atoms with Crippen LogP contribution in [0, 0.1) is 0 Å². The van der Waals surface area contributed by atoms with Crippen LogP contribution < -0.4 is 4.74 Å². The SMILES string of the molecule is COc1cc(-c2ccc(CN3CC(=O)N(C)C3=O)cc2)cc2c1C(=O)N(C1CC1)C2. The lowest BCUT2D eigenvalue weighted by Crippen LogP contribution is -2.29. The van der Waals surface area contributed by atoms with Gasteiger partial charge >= 0.3 is 6.03 Å². The van der Waals surface area contributed by atoms with Gasteiger partial charge < -0.3 is 14.5 Å². The molecule has 2 heterocycles. The molecule has 154 valence electrons. The molecule has 1 aliphatic carbocycles. The number of hydrogen-bond acceptors (Lipinski definition) is 4. The van der Waals surface area contributed by atoms with E-state index in [2.05, 4.69) is 6.07 Å². The predicted molar refractivity (Wildman–Crippen MR) is 110 cm³/mol. The number of carbonyl (C=O) groups is 3. The third-order valence-corrected chi connectivity index (χ3v) is 6.13. The lowest BCUT2D eigenvalue weighted by Gasteiger charge is -2.15. The van der Waals surface area contributed by atoms with Crippen LogP contribution >= 0.6 is 0 Å². The van der Waals surface area contributed by atoms with Crippen LogP contribution in [0.4, 0.5) is 4.79 Å². The van der Waals surface area contributed by atoms with Crippen molar-refractivity contribution >= 4 is 17.8 Å². The van der Waals surface area contributed by atoms with E-state index < -0.39 is 0 Å². The highest BCUT2D eigenvalue weighted by molar-refractivity contribution is 6.02. The minimum atomic E-state index is -0.266. The van der Waals surface area contributed by atoms with Gasteiger partial charge in [-0.3, -0.25) is 14.5 Å². The smallest absolute Gasteiger partial charge is 0.327 e. The van der Waals surface area contributed by atoms with Gasteiger partial charge in [-0.15, -0.1) is 0 Å². The Morgan fingerprint density at radius 3 is 2.33 bits per heavy atom. The molecule has 0 N–H and O–H groups in total. The first-order valence-electron chi connectivity index (χ1n) is 10.1. The molecule has 0 aromatic heterocycles. The van der Waals surface area contributed by atoms with Crippen LogP contribution in [0.5, 0.6) is 5.75 Å². The van der Waals surface area contributed by atoms with E-state index in [9.17, 15) is 14.4 Å². The molecule has 5 rings (SSSR count). The van der Waals surface area contributed by atoms with Gasteiger partial charge in [0.1, 0.15) is 12.3 Å². The Morgan fingerprint density at radius 1 is 1.00 bits per heavy atom. The van der Waals surface area contributed by atoms with Crippen molar-refractivity contribution in [1.29, 1.82) is 0 Å². The number of amides is 4. The van der Waals surface area contributed by atoms with Crippen molar-refractivity contribution in [2.45, 2.75) is 32.0 Å². The van der Waals surface area contributed by atoms with Crippen LogP contribution in [0.3, 0.4) is 0 Å². The van der Waals surface area contributed by atoms with E-state index in [0.29, 0.717) is 30.4 Å². The van der Waals surface area contributed by atoms with Crippen LogP contribution in [0.25, 0.3) is 11.1 Å². The first kappa shape index (κ1) is 18.7. The first-order valence-corrected chi connectivity index (χ1v) is 10.1. The molecule has 2 aromatic carbocycles. The van der Waals surface area contributed by atoms with Gasteiger partial charge in [-0.25, -0.2) is 4.79 Å². The van der Waals surface area contributed by atoms with E-state index >= 15 is 0 Å². The molecular weight excluding hydrogens is 382 g/mol. The average Bonchev–Trinajstić information content (AvgIpc) is 3.50. The number of fused-ring (bicyclic) bond motifs is 1. The zero-order chi connectivity index (χ0) is 21.0. The third-order valence-electron chi connectivity index (χ3n) is 6.13. The van der Waals surface area contributed by atoms with Gasteiger partial charge in [-0.05, 0) is 47.2 Å². The summed E-state index contributed by atoms with van der Waals surface area (Å²) in [5.74, 6) is 0.502. The van der Waals surface area contributed by atoms with E-state index in [0.717, 1.165) is 40.0 Å². The number of hydrogen-bond donors (Lipinski definition) is 0. The maximum Gasteiger partial charge on any atom is 0.327 e. The second kappa shape index (κ2) is 6.86. The summed E-state index contributed by atoms with van der Waals surface area (Å²) in [6.07, 6.45) is 2.16. The Hall–Kier alpha value is -3.35. The topological polar surface area (TPSA) is 70.2 Å². The van der Waals surface area contributed by atoms with Gasteiger partial charge in [0.2, 0.25) is 5.91 Å². The Labute approximate surface area is 174 Å². The van der Waals surface area contributed by atoms with Crippen LogP contribution in [-0.2, 0) is 17.9 Å². The van der Waals surface area contributed by atoms with Gasteiger partial charge in [0.05, 0.1) is 12.7 Å². The fourth-order valence-electron chi connectivity index (χ4n) is 4.25. The largest absolute Gasteiger partial charge is 0.496 e. The summed E-state index contributed by atoms with van der Waals surface area (Å²) in [4.78, 5) is 41.2. The highest BCUT2D eigenvalue weighted by atomic mass is 16.5. The first-order chi connectivity index (χ1) is 14.5. The number of urea groups is 1. The fourth-order valence-corrected chi connectivity index (χ4v) is 4.25. The zero-order valence-electron chi connectivity index (χ0n) is 17.1. The minimum absolute atomic E-state index is 0.0704. The van der Waals surface area contributed by atoms with Gasteiger partial charge in [0.15, 0.2) is 0 Å². The molecule has 3 aliphatic rings. The van der Waals surface area contributed by atoms with E-state index in [1.165, 1.54) is 11.9 Å². The number of ether oxygens (including phenoxy) is 1. The normalized spacial score (nSPS) is 18.5. The molecule has 0 radical (unpaired) electrons. The van der Waals surface area contributed by atoms with E-state index in [1.54, 1.807) is 7.11 Å². The average molecular weight is 405 g/mol. The molecule has 0 unspecified atom stereocenters. The van der Waals surface area contributed by atoms with Crippen molar-refractivity contribution in [3.05, 3.63) is 53.1 Å². The maximum absolute atomic E-state index is 12.8. The fraction of sp³-hybridized carbons (Fsp3) is 0.348. The highest BCUT2D eigenvalue weighted by Crippen LogP contribution is 2.40. The number of imide groups is 1. The number of likely N-dealkylation sites (N-methyl/N-ethyl adjacent to an activating group) is 1. The second-order valence-corrected chi connectivity index (χ2v) is 8.17. The van der Waals surface area contributed by atoms with Gasteiger partial charge in [-0.1, -0.05) is 24.3 Å². The van der Waals surface area contributed by atoms with Gasteiger partial charge in [-0.2, -0.15) is 0 Å². The van der Waals surface area contributed by atoms with Crippen LogP contribution in [0.1, 0.15) is 34.3 Å². The van der Waals surface area contributed by atoms with E-state index in [4.69, 9.17) is 4.74 Å². The lowest BCUT2D eigenvalue weighted by atomic mass is 9.98. The molecule has 7 nitrogen and oxygen atoms in total. The summed E-state index contributed by atoms with van der Waals surface area (Å²) in [5, 5.41) is 0. The molecule has 7 heteroatoms. The maximum atomic E-state index is 12.8. The van der Waals surface area contributed by atoms with Crippen LogP contribution in [0.15, 0.2) is 36.4 Å². The molecule has 0 bridgehead atoms. The number of benzene rings is 2. The third kappa shape index (κ3) is 3.01. The molecule has 0 atom stereocenters. The highest BCUT2D eigenvalue weighted by Gasteiger charge is 2.40. The number of nitrogens with zero attached hydrogens (tertiary/aromatic N) is 3. The Bertz CT molecular complexity index is 1060. The Morgan fingerprint density at radius 2 is 1.73 bits per heavy atom. The molecule has 4 amide bonds. The quantitative estimate of drug-likeness (QED) is 0.718. The Kier molecular flexibility index (Phi) is 4.27. The van der Waals surface area contributed by atoms with Gasteiger partial charge in [0, 0.05) is 26.2 Å². The van der Waals surface area contributed by atoms with Crippen molar-refractivity contribution < 1.29 is 19.1 Å². The predicted octanol–water partition coefficient (Wildman–Crippen LogP) is 2.87. The second-order valence-electron chi connectivity index (χ2n) is 8.17. The monoisotopic (exact) mass is 405 g/mol. The standard InChI is InChI=1S/C23H23N3O4/c1-24-20(27)13-25(23(24)29)11-14-3-5-15(6-4-14)16-9-17-12-26(18-7-8-18)22(28)21(17)19(10-16)30-2/h3-6,9-10,18H,7-8,11-13H2,1-2H3. The van der Waals surface area contributed by atoms with Gasteiger partial charge in [0.25, 0.3) is 5.91 Å². The van der Waals surface area contributed by atoms with Crippen LogP contribution in [-0.4, -0.2) is 59.3 Å². The molecule has 1 saturated carbocycles. The van der Waals surface area contributed by atoms with Crippen LogP contribution in [0.2, 0.25) is 0 Å². The van der Waals surface area contributed by atoms with Crippen molar-refractivity contribution in [2.75, 3.05) is 20.7 Å². The summed E-state index contributed by atoms with van der Waals surface area (Å²) in [6.45, 7) is 1.15. The van der Waals surface area contributed by atoms with Crippen molar-refractivity contribution in [1.82, 2.24) is 14.7 Å². The Balaban J connectivity index is 1.39. The molecule has 2 fully saturated rings. The zero-order valence-corrected chi connectivity index (χ0v) is 17.1. The molecule has 2 aliphatic heterocycles. The summed E-state index contributed by atoms with van der Waals surface area (Å²) < 4.78 is 5.55. The number of carbonyl (C=O) groups excluding carboxylic acids is 3. The summed E-state index contributed by atoms with van der Waals surface area (Å²) in [5.41, 5.74) is 4.66. The van der Waals surface area contributed by atoms with Crippen molar-refractivity contribution in [2.24, 2.45) is 0 Å². The molecule has 0 spiro atoms. The number of rotatable bonds is 5. The summed E-state index contributed by atoms with van der Waals surface area (Å²) in [6, 6.07) is 12.0. The van der Waals surface area contributed by atoms with E-state index in [-0.39, 0.29) is 24.4 Å². The minimum Gasteiger partial charge on any atom is -0.496 e. The molecule has 1 saturated heterocycles.